The van der Waals surface area contributed by atoms with Crippen LogP contribution in [0.1, 0.15) is 26.2 Å². The van der Waals surface area contributed by atoms with Crippen molar-refractivity contribution in [2.24, 2.45) is 11.8 Å². The van der Waals surface area contributed by atoms with E-state index in [0.29, 0.717) is 0 Å². The smallest absolute Gasteiger partial charge is 0.0175 e. The third-order valence-corrected chi connectivity index (χ3v) is 2.74. The minimum atomic E-state index is 1.02. The van der Waals surface area contributed by atoms with Gasteiger partial charge >= 0.3 is 0 Å². The Kier molecular flexibility index (Phi) is 0.787. The number of allylic oxidation sites excluding steroid dienone is 2. The van der Waals surface area contributed by atoms with Crippen LogP contribution >= 0.6 is 0 Å². The van der Waals surface area contributed by atoms with Gasteiger partial charge in [-0.1, -0.05) is 11.6 Å². The minimum Gasteiger partial charge on any atom is -0.0850 e. The Morgan fingerprint density at radius 2 is 2.38 bits per heavy atom. The van der Waals surface area contributed by atoms with E-state index in [1.54, 1.807) is 5.57 Å². The quantitative estimate of drug-likeness (QED) is 0.418. The minimum absolute atomic E-state index is 1.02. The molecule has 0 N–H and O–H groups in total. The first-order valence-corrected chi connectivity index (χ1v) is 3.54. The molecule has 0 heteroatoms. The zero-order chi connectivity index (χ0) is 5.56. The van der Waals surface area contributed by atoms with E-state index in [2.05, 4.69) is 13.0 Å². The molecule has 0 bridgehead atoms. The van der Waals surface area contributed by atoms with Gasteiger partial charge in [0.15, 0.2) is 0 Å². The molecule has 2 atom stereocenters. The maximum atomic E-state index is 2.42. The monoisotopic (exact) mass is 108 g/mol. The summed E-state index contributed by atoms with van der Waals surface area (Å²) in [6.07, 6.45) is 6.78. The molecule has 0 aliphatic heterocycles. The highest BCUT2D eigenvalue weighted by atomic mass is 14.4. The lowest BCUT2D eigenvalue weighted by molar-refractivity contribution is 0.238. The van der Waals surface area contributed by atoms with Crippen molar-refractivity contribution < 1.29 is 0 Å². The first-order chi connectivity index (χ1) is 3.88. The Morgan fingerprint density at radius 1 is 1.50 bits per heavy atom. The van der Waals surface area contributed by atoms with Gasteiger partial charge < -0.3 is 0 Å². The fourth-order valence-electron chi connectivity index (χ4n) is 1.94. The Labute approximate surface area is 50.6 Å². The third kappa shape index (κ3) is 0.410. The van der Waals surface area contributed by atoms with Gasteiger partial charge in [-0.3, -0.25) is 0 Å². The summed E-state index contributed by atoms with van der Waals surface area (Å²) in [5, 5.41) is 0. The molecule has 0 spiro atoms. The molecule has 0 nitrogen and oxygen atoms in total. The molecule has 0 aromatic heterocycles. The SMILES string of the molecule is CC1=CCC2CCC12. The van der Waals surface area contributed by atoms with Gasteiger partial charge in [0, 0.05) is 0 Å². The van der Waals surface area contributed by atoms with E-state index < -0.39 is 0 Å². The molecular weight excluding hydrogens is 96.1 g/mol. The standard InChI is InChI=1S/C8H12/c1-6-2-3-7-4-5-8(6)7/h2,7-8H,3-5H2,1H3. The Hall–Kier alpha value is -0.260. The molecular formula is C8H12. The lowest BCUT2D eigenvalue weighted by Crippen LogP contribution is -2.21. The highest BCUT2D eigenvalue weighted by molar-refractivity contribution is 5.16. The molecule has 0 aromatic carbocycles. The van der Waals surface area contributed by atoms with Gasteiger partial charge in [0.2, 0.25) is 0 Å². The number of fused-ring (bicyclic) bond motifs is 1. The summed E-state index contributed by atoms with van der Waals surface area (Å²) < 4.78 is 0. The van der Waals surface area contributed by atoms with E-state index in [1.165, 1.54) is 19.3 Å². The lowest BCUT2D eigenvalue weighted by atomic mass is 9.74. The van der Waals surface area contributed by atoms with Gasteiger partial charge in [0.05, 0.1) is 0 Å². The number of hydrogen-bond donors (Lipinski definition) is 0. The van der Waals surface area contributed by atoms with Crippen molar-refractivity contribution in [2.45, 2.75) is 26.2 Å². The average Bonchev–Trinajstić information content (AvgIpc) is 1.80. The fraction of sp³-hybridized carbons (Fsp3) is 0.750. The summed E-state index contributed by atoms with van der Waals surface area (Å²) in [5.74, 6) is 2.10. The highest BCUT2D eigenvalue weighted by Gasteiger charge is 2.34. The predicted molar refractivity (Wildman–Crippen MR) is 34.6 cm³/mol. The van der Waals surface area contributed by atoms with Crippen molar-refractivity contribution in [1.29, 1.82) is 0 Å². The highest BCUT2D eigenvalue weighted by Crippen LogP contribution is 2.46. The Bertz CT molecular complexity index is 133. The molecule has 1 fully saturated rings. The van der Waals surface area contributed by atoms with Crippen molar-refractivity contribution in [2.75, 3.05) is 0 Å². The van der Waals surface area contributed by atoms with E-state index in [9.17, 15) is 0 Å². The topological polar surface area (TPSA) is 0 Å². The van der Waals surface area contributed by atoms with E-state index in [1.807, 2.05) is 0 Å². The first-order valence-electron chi connectivity index (χ1n) is 3.54. The van der Waals surface area contributed by atoms with Crippen LogP contribution < -0.4 is 0 Å². The molecule has 0 saturated heterocycles. The van der Waals surface area contributed by atoms with Gasteiger partial charge in [-0.25, -0.2) is 0 Å². The van der Waals surface area contributed by atoms with Crippen LogP contribution in [0.3, 0.4) is 0 Å². The largest absolute Gasteiger partial charge is 0.0850 e. The maximum absolute atomic E-state index is 2.42. The van der Waals surface area contributed by atoms with Crippen LogP contribution in [0.2, 0.25) is 0 Å². The van der Waals surface area contributed by atoms with Gasteiger partial charge in [-0.2, -0.15) is 0 Å². The third-order valence-electron chi connectivity index (χ3n) is 2.74. The molecule has 2 aliphatic carbocycles. The summed E-state index contributed by atoms with van der Waals surface area (Å²) >= 11 is 0. The number of rotatable bonds is 0. The van der Waals surface area contributed by atoms with Gasteiger partial charge in [-0.05, 0) is 38.0 Å². The second-order valence-corrected chi connectivity index (χ2v) is 3.13. The van der Waals surface area contributed by atoms with Crippen LogP contribution in [0.15, 0.2) is 11.6 Å². The van der Waals surface area contributed by atoms with Crippen LogP contribution in [0, 0.1) is 11.8 Å². The summed E-state index contributed by atoms with van der Waals surface area (Å²) in [6, 6.07) is 0. The van der Waals surface area contributed by atoms with Gasteiger partial charge in [-0.15, -0.1) is 0 Å². The van der Waals surface area contributed by atoms with Crippen LogP contribution in [0.4, 0.5) is 0 Å². The second-order valence-electron chi connectivity index (χ2n) is 3.13. The van der Waals surface area contributed by atoms with Crippen LogP contribution in [-0.4, -0.2) is 0 Å². The molecule has 2 aliphatic rings. The van der Waals surface area contributed by atoms with Crippen molar-refractivity contribution in [3.8, 4) is 0 Å². The van der Waals surface area contributed by atoms with Crippen molar-refractivity contribution >= 4 is 0 Å². The molecule has 0 aromatic rings. The van der Waals surface area contributed by atoms with E-state index in [0.717, 1.165) is 11.8 Å². The molecule has 0 radical (unpaired) electrons. The fourth-order valence-corrected chi connectivity index (χ4v) is 1.94. The molecule has 2 rings (SSSR count). The zero-order valence-corrected chi connectivity index (χ0v) is 5.35. The molecule has 44 valence electrons. The molecule has 0 amide bonds. The van der Waals surface area contributed by atoms with Crippen molar-refractivity contribution in [1.82, 2.24) is 0 Å². The van der Waals surface area contributed by atoms with Gasteiger partial charge in [0.25, 0.3) is 0 Å². The van der Waals surface area contributed by atoms with E-state index in [-0.39, 0.29) is 0 Å². The van der Waals surface area contributed by atoms with E-state index >= 15 is 0 Å². The Morgan fingerprint density at radius 3 is 2.62 bits per heavy atom. The molecule has 2 unspecified atom stereocenters. The lowest BCUT2D eigenvalue weighted by Gasteiger charge is -2.31. The molecule has 0 heterocycles. The van der Waals surface area contributed by atoms with Crippen LogP contribution in [0.25, 0.3) is 0 Å². The average molecular weight is 108 g/mol. The van der Waals surface area contributed by atoms with Crippen molar-refractivity contribution in [3.05, 3.63) is 11.6 Å². The molecule has 8 heavy (non-hydrogen) atoms. The second kappa shape index (κ2) is 1.37. The summed E-state index contributed by atoms with van der Waals surface area (Å²) in [5.41, 5.74) is 1.67. The number of hydrogen-bond acceptors (Lipinski definition) is 0. The summed E-state index contributed by atoms with van der Waals surface area (Å²) in [6.45, 7) is 2.28. The van der Waals surface area contributed by atoms with E-state index in [4.69, 9.17) is 0 Å². The molecule has 1 saturated carbocycles. The summed E-state index contributed by atoms with van der Waals surface area (Å²) in [7, 11) is 0. The predicted octanol–water partition coefficient (Wildman–Crippen LogP) is 2.36. The van der Waals surface area contributed by atoms with Crippen molar-refractivity contribution in [3.63, 3.8) is 0 Å². The zero-order valence-electron chi connectivity index (χ0n) is 5.35. The normalized spacial score (nSPS) is 42.9. The Balaban J connectivity index is 2.16. The van der Waals surface area contributed by atoms with Crippen LogP contribution in [-0.2, 0) is 0 Å². The first kappa shape index (κ1) is 4.60. The van der Waals surface area contributed by atoms with Gasteiger partial charge in [0.1, 0.15) is 0 Å². The maximum Gasteiger partial charge on any atom is -0.0175 e. The summed E-state index contributed by atoms with van der Waals surface area (Å²) in [4.78, 5) is 0. The van der Waals surface area contributed by atoms with Crippen LogP contribution in [0.5, 0.6) is 0 Å².